The molecule has 0 spiro atoms. The molecule has 0 unspecified atom stereocenters. The third-order valence-corrected chi connectivity index (χ3v) is 4.43. The molecule has 1 N–H and O–H groups in total. The molecule has 0 amide bonds. The lowest BCUT2D eigenvalue weighted by Crippen LogP contribution is -2.51. The molecule has 0 aromatic heterocycles. The third kappa shape index (κ3) is 5.22. The maximum absolute atomic E-state index is 5.48. The summed E-state index contributed by atoms with van der Waals surface area (Å²) < 4.78 is 5.48. The highest BCUT2D eigenvalue weighted by atomic mass is 32.1. The molecule has 0 bridgehead atoms. The number of thiocarbonyl (C=S) groups is 1. The number of benzene rings is 1. The summed E-state index contributed by atoms with van der Waals surface area (Å²) in [4.78, 5) is 4.69. The van der Waals surface area contributed by atoms with Crippen molar-refractivity contribution in [3.05, 3.63) is 41.5 Å². The van der Waals surface area contributed by atoms with Crippen LogP contribution in [-0.4, -0.2) is 54.7 Å². The number of nitrogens with one attached hydrogen (secondary N) is 1. The van der Waals surface area contributed by atoms with Gasteiger partial charge in [-0.1, -0.05) is 29.8 Å². The monoisotopic (exact) mass is 333 g/mol. The SMILES string of the molecule is C=C(C)CNC(=S)N1CCN(Cc2cc(C)ccc2OC)CC1. The Hall–Kier alpha value is -1.59. The number of nitrogens with zero attached hydrogens (tertiary/aromatic N) is 2. The van der Waals surface area contributed by atoms with E-state index in [2.05, 4.69) is 46.8 Å². The highest BCUT2D eigenvalue weighted by Gasteiger charge is 2.19. The van der Waals surface area contributed by atoms with Gasteiger partial charge in [-0.25, -0.2) is 0 Å². The molecule has 1 heterocycles. The Balaban J connectivity index is 1.86. The van der Waals surface area contributed by atoms with Crippen molar-refractivity contribution in [1.29, 1.82) is 0 Å². The van der Waals surface area contributed by atoms with Gasteiger partial charge >= 0.3 is 0 Å². The second kappa shape index (κ2) is 8.31. The van der Waals surface area contributed by atoms with E-state index < -0.39 is 0 Å². The number of aryl methyl sites for hydroxylation is 1. The summed E-state index contributed by atoms with van der Waals surface area (Å²) in [5, 5.41) is 4.10. The van der Waals surface area contributed by atoms with Crippen molar-refractivity contribution in [1.82, 2.24) is 15.1 Å². The zero-order valence-corrected chi connectivity index (χ0v) is 15.2. The number of piperazine rings is 1. The lowest BCUT2D eigenvalue weighted by Gasteiger charge is -2.36. The van der Waals surface area contributed by atoms with Crippen LogP contribution in [0.5, 0.6) is 5.75 Å². The van der Waals surface area contributed by atoms with Crippen LogP contribution in [0.1, 0.15) is 18.1 Å². The first-order chi connectivity index (χ1) is 11.0. The number of rotatable bonds is 5. The molecule has 0 aliphatic carbocycles. The summed E-state index contributed by atoms with van der Waals surface area (Å²) in [6.45, 7) is 13.6. The van der Waals surface area contributed by atoms with E-state index in [1.807, 2.05) is 6.92 Å². The van der Waals surface area contributed by atoms with Gasteiger partial charge in [0.2, 0.25) is 0 Å². The van der Waals surface area contributed by atoms with Crippen molar-refractivity contribution >= 4 is 17.3 Å². The quantitative estimate of drug-likeness (QED) is 0.660. The minimum Gasteiger partial charge on any atom is -0.496 e. The minimum atomic E-state index is 0.750. The molecule has 1 aliphatic heterocycles. The van der Waals surface area contributed by atoms with E-state index in [0.717, 1.165) is 55.7 Å². The lowest BCUT2D eigenvalue weighted by molar-refractivity contribution is 0.173. The molecule has 1 aromatic rings. The summed E-state index contributed by atoms with van der Waals surface area (Å²) in [6, 6.07) is 6.35. The van der Waals surface area contributed by atoms with E-state index in [4.69, 9.17) is 17.0 Å². The highest BCUT2D eigenvalue weighted by molar-refractivity contribution is 7.80. The predicted octanol–water partition coefficient (Wildman–Crippen LogP) is 2.57. The van der Waals surface area contributed by atoms with Gasteiger partial charge in [-0.15, -0.1) is 0 Å². The largest absolute Gasteiger partial charge is 0.496 e. The number of hydrogen-bond donors (Lipinski definition) is 1. The van der Waals surface area contributed by atoms with Crippen LogP contribution in [0.15, 0.2) is 30.4 Å². The summed E-state index contributed by atoms with van der Waals surface area (Å²) in [5.74, 6) is 0.969. The molecular weight excluding hydrogens is 306 g/mol. The topological polar surface area (TPSA) is 27.7 Å². The number of methoxy groups -OCH3 is 1. The Morgan fingerprint density at radius 1 is 1.30 bits per heavy atom. The van der Waals surface area contributed by atoms with Crippen molar-refractivity contribution in [2.75, 3.05) is 39.8 Å². The van der Waals surface area contributed by atoms with Crippen LogP contribution in [0.25, 0.3) is 0 Å². The van der Waals surface area contributed by atoms with Crippen molar-refractivity contribution in [2.45, 2.75) is 20.4 Å². The van der Waals surface area contributed by atoms with Gasteiger partial charge in [0, 0.05) is 44.8 Å². The maximum atomic E-state index is 5.48. The van der Waals surface area contributed by atoms with Crippen molar-refractivity contribution in [3.63, 3.8) is 0 Å². The molecule has 1 aliphatic rings. The molecule has 2 rings (SSSR count). The van der Waals surface area contributed by atoms with Crippen LogP contribution in [-0.2, 0) is 6.54 Å². The van der Waals surface area contributed by atoms with Crippen LogP contribution in [0, 0.1) is 6.92 Å². The van der Waals surface area contributed by atoms with Gasteiger partial charge in [-0.05, 0) is 32.1 Å². The van der Waals surface area contributed by atoms with Gasteiger partial charge in [0.05, 0.1) is 7.11 Å². The molecule has 0 radical (unpaired) electrons. The minimum absolute atomic E-state index is 0.750. The standard InChI is InChI=1S/C18H27N3OS/c1-14(2)12-19-18(23)21-9-7-20(8-10-21)13-16-11-15(3)5-6-17(16)22-4/h5-6,11H,1,7-10,12-13H2,2-4H3,(H,19,23). The zero-order valence-electron chi connectivity index (χ0n) is 14.4. The van der Waals surface area contributed by atoms with Crippen LogP contribution in [0.4, 0.5) is 0 Å². The molecule has 0 atom stereocenters. The smallest absolute Gasteiger partial charge is 0.169 e. The average molecular weight is 334 g/mol. The van der Waals surface area contributed by atoms with E-state index in [9.17, 15) is 0 Å². The van der Waals surface area contributed by atoms with Gasteiger partial charge in [-0.3, -0.25) is 4.90 Å². The molecule has 1 aromatic carbocycles. The Bertz CT molecular complexity index is 565. The van der Waals surface area contributed by atoms with Gasteiger partial charge in [-0.2, -0.15) is 0 Å². The summed E-state index contributed by atoms with van der Waals surface area (Å²) in [6.07, 6.45) is 0. The van der Waals surface area contributed by atoms with Crippen LogP contribution in [0.2, 0.25) is 0 Å². The zero-order chi connectivity index (χ0) is 16.8. The fourth-order valence-corrected chi connectivity index (χ4v) is 2.97. The first-order valence-electron chi connectivity index (χ1n) is 8.02. The molecule has 0 saturated carbocycles. The van der Waals surface area contributed by atoms with Gasteiger partial charge < -0.3 is 15.0 Å². The van der Waals surface area contributed by atoms with E-state index in [1.54, 1.807) is 7.11 Å². The average Bonchev–Trinajstić information content (AvgIpc) is 2.53. The maximum Gasteiger partial charge on any atom is 0.169 e. The Morgan fingerprint density at radius 3 is 2.61 bits per heavy atom. The highest BCUT2D eigenvalue weighted by Crippen LogP contribution is 2.22. The Morgan fingerprint density at radius 2 is 2.00 bits per heavy atom. The van der Waals surface area contributed by atoms with E-state index in [0.29, 0.717) is 0 Å². The van der Waals surface area contributed by atoms with E-state index in [1.165, 1.54) is 11.1 Å². The Labute approximate surface area is 145 Å². The van der Waals surface area contributed by atoms with Gasteiger partial charge in [0.1, 0.15) is 5.75 Å². The van der Waals surface area contributed by atoms with Crippen molar-refractivity contribution < 1.29 is 4.74 Å². The van der Waals surface area contributed by atoms with Crippen molar-refractivity contribution in [3.8, 4) is 5.75 Å². The van der Waals surface area contributed by atoms with Gasteiger partial charge in [0.15, 0.2) is 5.11 Å². The number of ether oxygens (including phenoxy) is 1. The molecular formula is C18H27N3OS. The first kappa shape index (κ1) is 17.8. The van der Waals surface area contributed by atoms with E-state index >= 15 is 0 Å². The molecule has 1 fully saturated rings. The van der Waals surface area contributed by atoms with Crippen LogP contribution >= 0.6 is 12.2 Å². The van der Waals surface area contributed by atoms with Gasteiger partial charge in [0.25, 0.3) is 0 Å². The summed E-state index contributed by atoms with van der Waals surface area (Å²) >= 11 is 5.45. The molecule has 5 heteroatoms. The predicted molar refractivity (Wildman–Crippen MR) is 100.0 cm³/mol. The Kier molecular flexibility index (Phi) is 6.42. The fraction of sp³-hybridized carbons (Fsp3) is 0.500. The lowest BCUT2D eigenvalue weighted by atomic mass is 10.1. The first-order valence-corrected chi connectivity index (χ1v) is 8.43. The summed E-state index contributed by atoms with van der Waals surface area (Å²) in [5.41, 5.74) is 3.62. The normalized spacial score (nSPS) is 15.3. The number of hydrogen-bond acceptors (Lipinski definition) is 3. The van der Waals surface area contributed by atoms with Crippen molar-refractivity contribution in [2.24, 2.45) is 0 Å². The molecule has 4 nitrogen and oxygen atoms in total. The third-order valence-electron chi connectivity index (χ3n) is 4.03. The second-order valence-corrected chi connectivity index (χ2v) is 6.58. The molecule has 1 saturated heterocycles. The van der Waals surface area contributed by atoms with Crippen LogP contribution < -0.4 is 10.1 Å². The fourth-order valence-electron chi connectivity index (χ4n) is 2.72. The van der Waals surface area contributed by atoms with E-state index in [-0.39, 0.29) is 0 Å². The second-order valence-electron chi connectivity index (χ2n) is 6.19. The molecule has 23 heavy (non-hydrogen) atoms. The molecule has 126 valence electrons. The van der Waals surface area contributed by atoms with Crippen LogP contribution in [0.3, 0.4) is 0 Å². The summed E-state index contributed by atoms with van der Waals surface area (Å²) in [7, 11) is 1.73.